The van der Waals surface area contributed by atoms with Gasteiger partial charge in [0.05, 0.1) is 6.42 Å². The highest BCUT2D eigenvalue weighted by Crippen LogP contribution is 2.26. The third kappa shape index (κ3) is 2.47. The standard InChI is InChI=1S/C13H13NO3/c1-8(2-5-13(15)16)12-7-9-6-10(14)3-4-11(9)17-12/h2-4,6-7H,5,14H2,1H3,(H,15,16). The van der Waals surface area contributed by atoms with Crippen LogP contribution in [0.2, 0.25) is 0 Å². The average Bonchev–Trinajstić information content (AvgIpc) is 2.68. The number of allylic oxidation sites excluding steroid dienone is 1. The van der Waals surface area contributed by atoms with E-state index in [1.165, 1.54) is 0 Å². The number of carbonyl (C=O) groups is 1. The number of hydrogen-bond acceptors (Lipinski definition) is 3. The van der Waals surface area contributed by atoms with Gasteiger partial charge < -0.3 is 15.3 Å². The Morgan fingerprint density at radius 3 is 2.94 bits per heavy atom. The summed E-state index contributed by atoms with van der Waals surface area (Å²) in [6.45, 7) is 1.82. The zero-order chi connectivity index (χ0) is 12.4. The summed E-state index contributed by atoms with van der Waals surface area (Å²) >= 11 is 0. The van der Waals surface area contributed by atoms with Crippen molar-refractivity contribution in [3.05, 3.63) is 36.1 Å². The normalized spacial score (nSPS) is 11.9. The molecule has 0 unspecified atom stereocenters. The van der Waals surface area contributed by atoms with Gasteiger partial charge in [-0.05, 0) is 36.8 Å². The summed E-state index contributed by atoms with van der Waals surface area (Å²) in [4.78, 5) is 10.5. The molecule has 0 saturated carbocycles. The van der Waals surface area contributed by atoms with Crippen molar-refractivity contribution in [2.75, 3.05) is 5.73 Å². The Balaban J connectivity index is 2.36. The number of anilines is 1. The summed E-state index contributed by atoms with van der Waals surface area (Å²) < 4.78 is 5.60. The molecule has 1 aromatic carbocycles. The summed E-state index contributed by atoms with van der Waals surface area (Å²) in [5.74, 6) is -0.184. The topological polar surface area (TPSA) is 76.5 Å². The highest BCUT2D eigenvalue weighted by molar-refractivity contribution is 5.84. The van der Waals surface area contributed by atoms with Crippen LogP contribution in [-0.4, -0.2) is 11.1 Å². The lowest BCUT2D eigenvalue weighted by molar-refractivity contribution is -0.135. The number of aliphatic carboxylic acids is 1. The van der Waals surface area contributed by atoms with Crippen LogP contribution in [-0.2, 0) is 4.79 Å². The van der Waals surface area contributed by atoms with Gasteiger partial charge in [-0.2, -0.15) is 0 Å². The van der Waals surface area contributed by atoms with Crippen LogP contribution in [0.4, 0.5) is 5.69 Å². The molecule has 0 spiro atoms. The molecule has 0 fully saturated rings. The largest absolute Gasteiger partial charge is 0.481 e. The molecule has 4 nitrogen and oxygen atoms in total. The first kappa shape index (κ1) is 11.3. The maximum Gasteiger partial charge on any atom is 0.307 e. The minimum absolute atomic E-state index is 0.00891. The minimum atomic E-state index is -0.857. The van der Waals surface area contributed by atoms with E-state index in [-0.39, 0.29) is 6.42 Å². The van der Waals surface area contributed by atoms with E-state index in [4.69, 9.17) is 15.3 Å². The van der Waals surface area contributed by atoms with E-state index in [1.807, 2.05) is 19.1 Å². The van der Waals surface area contributed by atoms with Gasteiger partial charge in [-0.25, -0.2) is 0 Å². The number of hydrogen-bond donors (Lipinski definition) is 2. The Morgan fingerprint density at radius 2 is 2.24 bits per heavy atom. The van der Waals surface area contributed by atoms with Crippen molar-refractivity contribution < 1.29 is 14.3 Å². The highest BCUT2D eigenvalue weighted by atomic mass is 16.4. The molecule has 2 aromatic rings. The molecule has 17 heavy (non-hydrogen) atoms. The Kier molecular flexibility index (Phi) is 2.87. The van der Waals surface area contributed by atoms with E-state index < -0.39 is 5.97 Å². The molecule has 1 aromatic heterocycles. The SMILES string of the molecule is CC(=CCC(=O)O)c1cc2cc(N)ccc2o1. The molecule has 0 saturated heterocycles. The van der Waals surface area contributed by atoms with Crippen LogP contribution in [0.15, 0.2) is 34.8 Å². The zero-order valence-corrected chi connectivity index (χ0v) is 9.43. The first-order valence-corrected chi connectivity index (χ1v) is 5.24. The van der Waals surface area contributed by atoms with Gasteiger partial charge >= 0.3 is 5.97 Å². The maximum absolute atomic E-state index is 10.5. The van der Waals surface area contributed by atoms with Crippen molar-refractivity contribution in [2.24, 2.45) is 0 Å². The van der Waals surface area contributed by atoms with Crippen LogP contribution in [0.5, 0.6) is 0 Å². The van der Waals surface area contributed by atoms with Gasteiger partial charge in [0.25, 0.3) is 0 Å². The lowest BCUT2D eigenvalue weighted by Crippen LogP contribution is -1.90. The maximum atomic E-state index is 10.5. The summed E-state index contributed by atoms with van der Waals surface area (Å²) in [5, 5.41) is 9.51. The molecule has 0 radical (unpaired) electrons. The molecule has 3 N–H and O–H groups in total. The van der Waals surface area contributed by atoms with E-state index in [2.05, 4.69) is 0 Å². The lowest BCUT2D eigenvalue weighted by atomic mass is 10.1. The van der Waals surface area contributed by atoms with Crippen molar-refractivity contribution in [1.29, 1.82) is 0 Å². The van der Waals surface area contributed by atoms with Gasteiger partial charge in [0.15, 0.2) is 0 Å². The van der Waals surface area contributed by atoms with Crippen LogP contribution < -0.4 is 5.73 Å². The fourth-order valence-corrected chi connectivity index (χ4v) is 1.60. The van der Waals surface area contributed by atoms with Crippen LogP contribution in [0, 0.1) is 0 Å². The van der Waals surface area contributed by atoms with Gasteiger partial charge in [-0.1, -0.05) is 6.08 Å². The van der Waals surface area contributed by atoms with Crippen LogP contribution in [0.1, 0.15) is 19.1 Å². The predicted octanol–water partition coefficient (Wildman–Crippen LogP) is 2.89. The van der Waals surface area contributed by atoms with Crippen molar-refractivity contribution in [1.82, 2.24) is 0 Å². The number of carboxylic acid groups (broad SMARTS) is 1. The monoisotopic (exact) mass is 231 g/mol. The van der Waals surface area contributed by atoms with Crippen molar-refractivity contribution in [3.63, 3.8) is 0 Å². The van der Waals surface area contributed by atoms with Crippen LogP contribution >= 0.6 is 0 Å². The third-order valence-corrected chi connectivity index (χ3v) is 2.51. The molecule has 4 heteroatoms. The molecule has 0 atom stereocenters. The third-order valence-electron chi connectivity index (χ3n) is 2.51. The number of benzene rings is 1. The molecule has 88 valence electrons. The Hall–Kier alpha value is -2.23. The van der Waals surface area contributed by atoms with Gasteiger partial charge in [0.1, 0.15) is 11.3 Å². The highest BCUT2D eigenvalue weighted by Gasteiger charge is 2.06. The fraction of sp³-hybridized carbons (Fsp3) is 0.154. The average molecular weight is 231 g/mol. The summed E-state index contributed by atoms with van der Waals surface area (Å²) in [5.41, 5.74) is 7.91. The van der Waals surface area contributed by atoms with Gasteiger partial charge in [0.2, 0.25) is 0 Å². The summed E-state index contributed by atoms with van der Waals surface area (Å²) in [6, 6.07) is 7.26. The Morgan fingerprint density at radius 1 is 1.47 bits per heavy atom. The van der Waals surface area contributed by atoms with Crippen molar-refractivity contribution in [3.8, 4) is 0 Å². The molecular weight excluding hydrogens is 218 g/mol. The number of fused-ring (bicyclic) bond motifs is 1. The summed E-state index contributed by atoms with van der Waals surface area (Å²) in [7, 11) is 0. The van der Waals surface area contributed by atoms with E-state index in [0.29, 0.717) is 11.4 Å². The molecule has 1 heterocycles. The van der Waals surface area contributed by atoms with Gasteiger partial charge in [0, 0.05) is 11.1 Å². The van der Waals surface area contributed by atoms with Gasteiger partial charge in [-0.3, -0.25) is 4.79 Å². The lowest BCUT2D eigenvalue weighted by Gasteiger charge is -1.94. The summed E-state index contributed by atoms with van der Waals surface area (Å²) in [6.07, 6.45) is 1.62. The molecule has 0 aliphatic rings. The van der Waals surface area contributed by atoms with Crippen molar-refractivity contribution >= 4 is 28.2 Å². The second kappa shape index (κ2) is 4.33. The smallest absolute Gasteiger partial charge is 0.307 e. The molecular formula is C13H13NO3. The van der Waals surface area contributed by atoms with Crippen LogP contribution in [0.25, 0.3) is 16.5 Å². The number of nitrogen functional groups attached to an aromatic ring is 1. The predicted molar refractivity (Wildman–Crippen MR) is 66.5 cm³/mol. The first-order chi connectivity index (χ1) is 8.06. The Labute approximate surface area is 98.3 Å². The van der Waals surface area contributed by atoms with E-state index in [1.54, 1.807) is 18.2 Å². The molecule has 0 amide bonds. The number of furan rings is 1. The quantitative estimate of drug-likeness (QED) is 0.796. The van der Waals surface area contributed by atoms with Crippen molar-refractivity contribution in [2.45, 2.75) is 13.3 Å². The number of rotatable bonds is 3. The van der Waals surface area contributed by atoms with E-state index in [9.17, 15) is 4.79 Å². The van der Waals surface area contributed by atoms with Crippen LogP contribution in [0.3, 0.4) is 0 Å². The fourth-order valence-electron chi connectivity index (χ4n) is 1.60. The number of carboxylic acids is 1. The zero-order valence-electron chi connectivity index (χ0n) is 9.43. The molecule has 0 bridgehead atoms. The molecule has 2 rings (SSSR count). The Bertz CT molecular complexity index is 596. The number of nitrogens with two attached hydrogens (primary N) is 1. The van der Waals surface area contributed by atoms with E-state index >= 15 is 0 Å². The first-order valence-electron chi connectivity index (χ1n) is 5.24. The molecule has 0 aliphatic carbocycles. The minimum Gasteiger partial charge on any atom is -0.481 e. The molecule has 0 aliphatic heterocycles. The second-order valence-corrected chi connectivity index (χ2v) is 3.89. The second-order valence-electron chi connectivity index (χ2n) is 3.89. The van der Waals surface area contributed by atoms with E-state index in [0.717, 1.165) is 16.5 Å². The van der Waals surface area contributed by atoms with Gasteiger partial charge in [-0.15, -0.1) is 0 Å².